The number of aldehydes is 1. The Labute approximate surface area is 136 Å². The van der Waals surface area contributed by atoms with E-state index < -0.39 is 6.04 Å². The van der Waals surface area contributed by atoms with Gasteiger partial charge < -0.3 is 10.1 Å². The highest BCUT2D eigenvalue weighted by Gasteiger charge is 2.24. The zero-order valence-corrected chi connectivity index (χ0v) is 14.4. The third-order valence-corrected chi connectivity index (χ3v) is 3.66. The van der Waals surface area contributed by atoms with Crippen LogP contribution in [-0.2, 0) is 16.6 Å². The molecule has 1 unspecified atom stereocenters. The lowest BCUT2D eigenvalue weighted by atomic mass is 10.1. The summed E-state index contributed by atoms with van der Waals surface area (Å²) in [7, 11) is 3.21. The number of carbonyl (C=O) groups is 2. The molecule has 0 aliphatic heterocycles. The molecule has 1 N–H and O–H groups in total. The molecule has 0 saturated heterocycles. The van der Waals surface area contributed by atoms with Gasteiger partial charge in [-0.25, -0.2) is 4.79 Å². The van der Waals surface area contributed by atoms with E-state index >= 15 is 0 Å². The highest BCUT2D eigenvalue weighted by Crippen LogP contribution is 2.21. The van der Waals surface area contributed by atoms with E-state index in [0.29, 0.717) is 11.9 Å². The van der Waals surface area contributed by atoms with Crippen molar-refractivity contribution in [2.24, 2.45) is 7.05 Å². The molecule has 126 valence electrons. The first-order valence-corrected chi connectivity index (χ1v) is 7.84. The number of aromatic nitrogens is 2. The largest absolute Gasteiger partial charge is 0.357 e. The summed E-state index contributed by atoms with van der Waals surface area (Å²) in [5, 5.41) is 2.56. The third kappa shape index (κ3) is 3.70. The first-order chi connectivity index (χ1) is 11.0. The van der Waals surface area contributed by atoms with Gasteiger partial charge in [0.05, 0.1) is 11.0 Å². The molecule has 2 aromatic rings. The summed E-state index contributed by atoms with van der Waals surface area (Å²) in [5.74, 6) is -0.271. The summed E-state index contributed by atoms with van der Waals surface area (Å²) in [5.41, 5.74) is 2.27. The number of hydrogen-bond donors (Lipinski definition) is 1. The molecule has 0 fully saturated rings. The average Bonchev–Trinajstić information content (AvgIpc) is 2.81. The summed E-state index contributed by atoms with van der Waals surface area (Å²) < 4.78 is 3.00. The van der Waals surface area contributed by atoms with Crippen LogP contribution in [0.5, 0.6) is 0 Å². The van der Waals surface area contributed by atoms with Gasteiger partial charge in [-0.2, -0.15) is 0 Å². The van der Waals surface area contributed by atoms with E-state index in [9.17, 15) is 14.4 Å². The number of benzene rings is 1. The van der Waals surface area contributed by atoms with Crippen molar-refractivity contribution in [1.82, 2.24) is 14.5 Å². The molecular formula is C17H25N3O3. The van der Waals surface area contributed by atoms with Crippen molar-refractivity contribution in [1.29, 1.82) is 0 Å². The van der Waals surface area contributed by atoms with Gasteiger partial charge in [0.15, 0.2) is 0 Å². The topological polar surface area (TPSA) is 73.1 Å². The molecule has 0 radical (unpaired) electrons. The highest BCUT2D eigenvalue weighted by molar-refractivity contribution is 5.84. The predicted octanol–water partition coefficient (Wildman–Crippen LogP) is 1.94. The Morgan fingerprint density at radius 3 is 2.52 bits per heavy atom. The van der Waals surface area contributed by atoms with E-state index in [4.69, 9.17) is 0 Å². The first kappa shape index (κ1) is 18.7. The van der Waals surface area contributed by atoms with Crippen LogP contribution in [0.15, 0.2) is 23.0 Å². The molecule has 0 spiro atoms. The number of nitrogens with one attached hydrogen (secondary N) is 1. The van der Waals surface area contributed by atoms with Crippen molar-refractivity contribution >= 4 is 23.2 Å². The normalized spacial score (nSPS) is 11.5. The minimum atomic E-state index is -0.681. The Hall–Kier alpha value is -2.37. The molecule has 6 nitrogen and oxygen atoms in total. The lowest BCUT2D eigenvalue weighted by Gasteiger charge is -2.16. The minimum Gasteiger partial charge on any atom is -0.357 e. The van der Waals surface area contributed by atoms with E-state index in [-0.39, 0.29) is 18.0 Å². The Morgan fingerprint density at radius 2 is 1.96 bits per heavy atom. The number of amides is 1. The van der Waals surface area contributed by atoms with Crippen molar-refractivity contribution < 1.29 is 9.59 Å². The lowest BCUT2D eigenvalue weighted by Crippen LogP contribution is -2.36. The number of fused-ring (bicyclic) bond motifs is 1. The van der Waals surface area contributed by atoms with Crippen LogP contribution in [-0.4, -0.2) is 28.4 Å². The number of rotatable bonds is 5. The maximum Gasteiger partial charge on any atom is 0.329 e. The van der Waals surface area contributed by atoms with Gasteiger partial charge in [0.2, 0.25) is 5.91 Å². The summed E-state index contributed by atoms with van der Waals surface area (Å²) in [4.78, 5) is 35.2. The Kier molecular flexibility index (Phi) is 6.75. The van der Waals surface area contributed by atoms with E-state index in [2.05, 4.69) is 5.32 Å². The van der Waals surface area contributed by atoms with E-state index in [1.807, 2.05) is 39.0 Å². The second-order valence-electron chi connectivity index (χ2n) is 5.08. The van der Waals surface area contributed by atoms with Crippen LogP contribution in [0, 0.1) is 6.92 Å². The van der Waals surface area contributed by atoms with Crippen LogP contribution in [0.3, 0.4) is 0 Å². The summed E-state index contributed by atoms with van der Waals surface area (Å²) in [6, 6.07) is 4.97. The van der Waals surface area contributed by atoms with Crippen molar-refractivity contribution in [2.45, 2.75) is 39.7 Å². The zero-order chi connectivity index (χ0) is 17.6. The maximum absolute atomic E-state index is 12.5. The molecule has 1 heterocycles. The van der Waals surface area contributed by atoms with Gasteiger partial charge in [-0.05, 0) is 31.0 Å². The van der Waals surface area contributed by atoms with Gasteiger partial charge in [0.25, 0.3) is 0 Å². The quantitative estimate of drug-likeness (QED) is 0.856. The highest BCUT2D eigenvalue weighted by atomic mass is 16.2. The SMILES string of the molecule is CC.CNC(=O)C(CCC=O)n1c(=O)n(C)c2cc(C)ccc21. The molecule has 2 rings (SSSR count). The lowest BCUT2D eigenvalue weighted by molar-refractivity contribution is -0.124. The van der Waals surface area contributed by atoms with Gasteiger partial charge in [0, 0.05) is 20.5 Å². The van der Waals surface area contributed by atoms with Crippen molar-refractivity contribution in [3.8, 4) is 0 Å². The van der Waals surface area contributed by atoms with E-state index in [1.54, 1.807) is 7.05 Å². The number of imidazole rings is 1. The molecule has 1 aromatic heterocycles. The van der Waals surface area contributed by atoms with Crippen LogP contribution in [0.1, 0.15) is 38.3 Å². The van der Waals surface area contributed by atoms with E-state index in [0.717, 1.165) is 17.4 Å². The van der Waals surface area contributed by atoms with Crippen LogP contribution in [0.25, 0.3) is 11.0 Å². The molecular weight excluding hydrogens is 294 g/mol. The van der Waals surface area contributed by atoms with Crippen LogP contribution in [0.2, 0.25) is 0 Å². The molecule has 23 heavy (non-hydrogen) atoms. The smallest absolute Gasteiger partial charge is 0.329 e. The molecule has 1 atom stereocenters. The van der Waals surface area contributed by atoms with Crippen molar-refractivity contribution in [3.05, 3.63) is 34.2 Å². The second-order valence-corrected chi connectivity index (χ2v) is 5.08. The summed E-state index contributed by atoms with van der Waals surface area (Å²) in [6.07, 6.45) is 1.29. The molecule has 0 saturated carbocycles. The van der Waals surface area contributed by atoms with Gasteiger partial charge in [-0.1, -0.05) is 19.9 Å². The number of aryl methyl sites for hydroxylation is 2. The number of hydrogen-bond acceptors (Lipinski definition) is 3. The Balaban J connectivity index is 0.00000127. The fourth-order valence-corrected chi connectivity index (χ4v) is 2.54. The molecule has 0 aliphatic rings. The number of likely N-dealkylation sites (N-methyl/N-ethyl adjacent to an activating group) is 1. The van der Waals surface area contributed by atoms with Crippen LogP contribution in [0.4, 0.5) is 0 Å². The number of carbonyl (C=O) groups excluding carboxylic acids is 2. The van der Waals surface area contributed by atoms with Gasteiger partial charge in [-0.15, -0.1) is 0 Å². The first-order valence-electron chi connectivity index (χ1n) is 7.84. The van der Waals surface area contributed by atoms with Crippen LogP contribution >= 0.6 is 0 Å². The molecule has 1 amide bonds. The van der Waals surface area contributed by atoms with Gasteiger partial charge in [0.1, 0.15) is 12.3 Å². The average molecular weight is 319 g/mol. The number of nitrogens with zero attached hydrogens (tertiary/aromatic N) is 2. The van der Waals surface area contributed by atoms with Gasteiger partial charge in [-0.3, -0.25) is 13.9 Å². The molecule has 0 aliphatic carbocycles. The Bertz CT molecular complexity index is 743. The predicted molar refractivity (Wildman–Crippen MR) is 91.7 cm³/mol. The molecule has 0 bridgehead atoms. The second kappa shape index (κ2) is 8.31. The monoisotopic (exact) mass is 319 g/mol. The molecule has 1 aromatic carbocycles. The third-order valence-electron chi connectivity index (χ3n) is 3.66. The summed E-state index contributed by atoms with van der Waals surface area (Å²) in [6.45, 7) is 5.95. The fraction of sp³-hybridized carbons (Fsp3) is 0.471. The zero-order valence-electron chi connectivity index (χ0n) is 14.4. The Morgan fingerprint density at radius 1 is 1.30 bits per heavy atom. The van der Waals surface area contributed by atoms with Crippen molar-refractivity contribution in [2.75, 3.05) is 7.05 Å². The van der Waals surface area contributed by atoms with E-state index in [1.165, 1.54) is 16.2 Å². The fourth-order valence-electron chi connectivity index (χ4n) is 2.54. The molecule has 6 heteroatoms. The minimum absolute atomic E-state index is 0.229. The summed E-state index contributed by atoms with van der Waals surface area (Å²) >= 11 is 0. The maximum atomic E-state index is 12.5. The van der Waals surface area contributed by atoms with Crippen LogP contribution < -0.4 is 11.0 Å². The van der Waals surface area contributed by atoms with Crippen molar-refractivity contribution in [3.63, 3.8) is 0 Å². The standard InChI is InChI=1S/C15H19N3O3.C2H6/c1-10-6-7-11-13(9-10)17(3)15(21)18(11)12(5-4-8-19)14(20)16-2;1-2/h6-9,12H,4-5H2,1-3H3,(H,16,20);1-2H3. The van der Waals surface area contributed by atoms with Gasteiger partial charge >= 0.3 is 5.69 Å².